The highest BCUT2D eigenvalue weighted by atomic mass is 19.3. The maximum absolute atomic E-state index is 13.3. The Hall–Kier alpha value is -2.30. The smallest absolute Gasteiger partial charge is 0.263 e. The Bertz CT molecular complexity index is 716. The number of alkyl halides is 2. The number of hydrogen-bond acceptors (Lipinski definition) is 2. The van der Waals surface area contributed by atoms with E-state index in [1.807, 2.05) is 31.2 Å². The molecular weight excluding hydrogens is 286 g/mol. The van der Waals surface area contributed by atoms with Crippen molar-refractivity contribution in [1.82, 2.24) is 4.98 Å². The number of carbonyl (C=O) groups is 1. The van der Waals surface area contributed by atoms with Crippen molar-refractivity contribution in [2.24, 2.45) is 11.8 Å². The number of carbonyl (C=O) groups excluding carboxylic acids is 1. The molecule has 1 N–H and O–H groups in total. The summed E-state index contributed by atoms with van der Waals surface area (Å²) in [5.74, 6) is -5.65. The van der Waals surface area contributed by atoms with Crippen LogP contribution in [0.2, 0.25) is 0 Å². The van der Waals surface area contributed by atoms with Gasteiger partial charge in [-0.25, -0.2) is 8.78 Å². The van der Waals surface area contributed by atoms with E-state index in [0.29, 0.717) is 5.69 Å². The number of nitrogens with zero attached hydrogens (tertiary/aromatic N) is 1. The zero-order valence-corrected chi connectivity index (χ0v) is 12.3. The van der Waals surface area contributed by atoms with E-state index in [-0.39, 0.29) is 0 Å². The standard InChI is InChI=1S/C17H16F2N2O/c1-10-6-7-12(9-13(10)14-5-3-4-8-20-14)21-16(22)15-11(2)17(15,18)19/h3-9,11,15H,1-2H3,(H,21,22)/t11-,15+/m0/s1. The molecule has 0 bridgehead atoms. The molecule has 2 aromatic rings. The normalized spacial score (nSPS) is 22.2. The minimum Gasteiger partial charge on any atom is -0.326 e. The molecule has 0 saturated heterocycles. The lowest BCUT2D eigenvalue weighted by Crippen LogP contribution is -2.17. The molecule has 5 heteroatoms. The number of pyridine rings is 1. The molecule has 1 aliphatic carbocycles. The molecular formula is C17H16F2N2O. The number of benzene rings is 1. The maximum atomic E-state index is 13.3. The third-order valence-electron chi connectivity index (χ3n) is 4.14. The van der Waals surface area contributed by atoms with Gasteiger partial charge in [0.25, 0.3) is 5.92 Å². The Kier molecular flexibility index (Phi) is 3.43. The SMILES string of the molecule is Cc1ccc(NC(=O)[C@H]2[C@H](C)C2(F)F)cc1-c1ccccn1. The number of aromatic nitrogens is 1. The Morgan fingerprint density at radius 3 is 2.59 bits per heavy atom. The van der Waals surface area contributed by atoms with Gasteiger partial charge in [0.1, 0.15) is 5.92 Å². The van der Waals surface area contributed by atoms with Crippen molar-refractivity contribution in [3.63, 3.8) is 0 Å². The van der Waals surface area contributed by atoms with Gasteiger partial charge < -0.3 is 5.32 Å². The first-order chi connectivity index (χ1) is 10.4. The Morgan fingerprint density at radius 2 is 2.00 bits per heavy atom. The summed E-state index contributed by atoms with van der Waals surface area (Å²) < 4.78 is 26.6. The predicted molar refractivity (Wildman–Crippen MR) is 80.6 cm³/mol. The highest BCUT2D eigenvalue weighted by Gasteiger charge is 2.69. The van der Waals surface area contributed by atoms with E-state index in [4.69, 9.17) is 0 Å². The van der Waals surface area contributed by atoms with Crippen LogP contribution in [0.4, 0.5) is 14.5 Å². The predicted octanol–water partition coefficient (Wildman–Crippen LogP) is 3.90. The molecule has 0 aliphatic heterocycles. The molecule has 1 heterocycles. The number of amides is 1. The van der Waals surface area contributed by atoms with E-state index >= 15 is 0 Å². The highest BCUT2D eigenvalue weighted by Crippen LogP contribution is 2.55. The minimum absolute atomic E-state index is 0.506. The second-order valence-electron chi connectivity index (χ2n) is 5.67. The number of hydrogen-bond donors (Lipinski definition) is 1. The average molecular weight is 302 g/mol. The fourth-order valence-corrected chi connectivity index (χ4v) is 2.60. The quantitative estimate of drug-likeness (QED) is 0.934. The van der Waals surface area contributed by atoms with Crippen LogP contribution in [0.5, 0.6) is 0 Å². The number of aryl methyl sites for hydroxylation is 1. The summed E-state index contributed by atoms with van der Waals surface area (Å²) in [6.45, 7) is 3.32. The molecule has 3 nitrogen and oxygen atoms in total. The van der Waals surface area contributed by atoms with Crippen LogP contribution in [-0.2, 0) is 4.79 Å². The van der Waals surface area contributed by atoms with Crippen molar-refractivity contribution >= 4 is 11.6 Å². The molecule has 1 fully saturated rings. The first-order valence-electron chi connectivity index (χ1n) is 7.12. The van der Waals surface area contributed by atoms with Gasteiger partial charge in [0, 0.05) is 23.4 Å². The molecule has 1 saturated carbocycles. The summed E-state index contributed by atoms with van der Waals surface area (Å²) in [6.07, 6.45) is 1.69. The number of rotatable bonds is 3. The van der Waals surface area contributed by atoms with Crippen LogP contribution < -0.4 is 5.32 Å². The molecule has 3 rings (SSSR count). The van der Waals surface area contributed by atoms with Gasteiger partial charge in [-0.15, -0.1) is 0 Å². The molecule has 1 aromatic heterocycles. The van der Waals surface area contributed by atoms with E-state index in [1.165, 1.54) is 6.92 Å². The van der Waals surface area contributed by atoms with Gasteiger partial charge in [0.05, 0.1) is 5.69 Å². The zero-order chi connectivity index (χ0) is 15.9. The van der Waals surface area contributed by atoms with Crippen molar-refractivity contribution < 1.29 is 13.6 Å². The monoisotopic (exact) mass is 302 g/mol. The zero-order valence-electron chi connectivity index (χ0n) is 12.3. The number of nitrogens with one attached hydrogen (secondary N) is 1. The van der Waals surface area contributed by atoms with Gasteiger partial charge >= 0.3 is 0 Å². The summed E-state index contributed by atoms with van der Waals surface area (Å²) in [5.41, 5.74) is 3.16. The van der Waals surface area contributed by atoms with Gasteiger partial charge in [-0.2, -0.15) is 0 Å². The Morgan fingerprint density at radius 1 is 1.27 bits per heavy atom. The second kappa shape index (κ2) is 5.16. The Balaban J connectivity index is 1.83. The summed E-state index contributed by atoms with van der Waals surface area (Å²) >= 11 is 0. The van der Waals surface area contributed by atoms with Crippen LogP contribution in [0.15, 0.2) is 42.6 Å². The van der Waals surface area contributed by atoms with Crippen molar-refractivity contribution in [2.75, 3.05) is 5.32 Å². The third kappa shape index (κ3) is 2.47. The molecule has 114 valence electrons. The third-order valence-corrected chi connectivity index (χ3v) is 4.14. The van der Waals surface area contributed by atoms with Gasteiger partial charge in [-0.3, -0.25) is 9.78 Å². The van der Waals surface area contributed by atoms with Crippen LogP contribution >= 0.6 is 0 Å². The second-order valence-corrected chi connectivity index (χ2v) is 5.67. The molecule has 1 amide bonds. The van der Waals surface area contributed by atoms with Crippen LogP contribution in [0.1, 0.15) is 12.5 Å². The van der Waals surface area contributed by atoms with Crippen molar-refractivity contribution in [3.8, 4) is 11.3 Å². The van der Waals surface area contributed by atoms with Crippen LogP contribution in [0, 0.1) is 18.8 Å². The van der Waals surface area contributed by atoms with Crippen LogP contribution in [-0.4, -0.2) is 16.8 Å². The lowest BCUT2D eigenvalue weighted by atomic mass is 10.0. The summed E-state index contributed by atoms with van der Waals surface area (Å²) in [5, 5.41) is 2.58. The first kappa shape index (κ1) is 14.6. The maximum Gasteiger partial charge on any atom is 0.263 e. The molecule has 22 heavy (non-hydrogen) atoms. The van der Waals surface area contributed by atoms with Crippen LogP contribution in [0.25, 0.3) is 11.3 Å². The summed E-state index contributed by atoms with van der Waals surface area (Å²) in [6, 6.07) is 10.9. The highest BCUT2D eigenvalue weighted by molar-refractivity contribution is 5.96. The largest absolute Gasteiger partial charge is 0.326 e. The Labute approximate surface area is 127 Å². The topological polar surface area (TPSA) is 42.0 Å². The van der Waals surface area contributed by atoms with Crippen LogP contribution in [0.3, 0.4) is 0 Å². The molecule has 0 spiro atoms. The molecule has 1 aromatic carbocycles. The van der Waals surface area contributed by atoms with Crippen molar-refractivity contribution in [3.05, 3.63) is 48.2 Å². The minimum atomic E-state index is -2.89. The van der Waals surface area contributed by atoms with E-state index in [9.17, 15) is 13.6 Å². The summed E-state index contributed by atoms with van der Waals surface area (Å²) in [7, 11) is 0. The van der Waals surface area contributed by atoms with Gasteiger partial charge in [0.15, 0.2) is 0 Å². The average Bonchev–Trinajstić information content (AvgIpc) is 3.00. The fraction of sp³-hybridized carbons (Fsp3) is 0.294. The van der Waals surface area contributed by atoms with Crippen molar-refractivity contribution in [2.45, 2.75) is 19.8 Å². The fourth-order valence-electron chi connectivity index (χ4n) is 2.60. The van der Waals surface area contributed by atoms with E-state index in [2.05, 4.69) is 10.3 Å². The van der Waals surface area contributed by atoms with Gasteiger partial charge in [-0.05, 0) is 36.8 Å². The molecule has 2 atom stereocenters. The van der Waals surface area contributed by atoms with E-state index in [0.717, 1.165) is 16.8 Å². The number of anilines is 1. The molecule has 1 aliphatic rings. The van der Waals surface area contributed by atoms with Crippen molar-refractivity contribution in [1.29, 1.82) is 0 Å². The molecule has 0 unspecified atom stereocenters. The summed E-state index contributed by atoms with van der Waals surface area (Å²) in [4.78, 5) is 16.2. The van der Waals surface area contributed by atoms with E-state index < -0.39 is 23.7 Å². The van der Waals surface area contributed by atoms with Gasteiger partial charge in [-0.1, -0.05) is 19.1 Å². The lowest BCUT2D eigenvalue weighted by Gasteiger charge is -2.10. The first-order valence-corrected chi connectivity index (χ1v) is 7.12. The molecule has 0 radical (unpaired) electrons. The number of halogens is 2. The van der Waals surface area contributed by atoms with Gasteiger partial charge in [0.2, 0.25) is 5.91 Å². The lowest BCUT2D eigenvalue weighted by molar-refractivity contribution is -0.119. The van der Waals surface area contributed by atoms with E-state index in [1.54, 1.807) is 18.3 Å².